The fourth-order valence-electron chi connectivity index (χ4n) is 3.34. The van der Waals surface area contributed by atoms with Gasteiger partial charge in [-0.2, -0.15) is 0 Å². The van der Waals surface area contributed by atoms with Crippen LogP contribution < -0.4 is 15.5 Å². The van der Waals surface area contributed by atoms with Gasteiger partial charge in [0, 0.05) is 28.3 Å². The van der Waals surface area contributed by atoms with Crippen LogP contribution in [0.5, 0.6) is 0 Å². The van der Waals surface area contributed by atoms with E-state index in [1.807, 2.05) is 0 Å². The van der Waals surface area contributed by atoms with Gasteiger partial charge in [0.05, 0.1) is 11.3 Å². The summed E-state index contributed by atoms with van der Waals surface area (Å²) in [5, 5.41) is 6.77. The summed E-state index contributed by atoms with van der Waals surface area (Å²) < 4.78 is 0. The highest BCUT2D eigenvalue weighted by Crippen LogP contribution is 2.34. The van der Waals surface area contributed by atoms with Crippen LogP contribution in [0, 0.1) is 0 Å². The Hall–Kier alpha value is -3.61. The lowest BCUT2D eigenvalue weighted by molar-refractivity contribution is -0.120. The Morgan fingerprint density at radius 1 is 0.750 bits per heavy atom. The van der Waals surface area contributed by atoms with Crippen LogP contribution in [0.15, 0.2) is 78.5 Å². The second-order valence-corrected chi connectivity index (χ2v) is 7.94. The molecule has 0 fully saturated rings. The van der Waals surface area contributed by atoms with Crippen LogP contribution in [0.1, 0.15) is 12.5 Å². The summed E-state index contributed by atoms with van der Waals surface area (Å²) in [7, 11) is 0. The van der Waals surface area contributed by atoms with E-state index in [9.17, 15) is 14.4 Å². The molecular formula is C24H17Cl2N3O3. The van der Waals surface area contributed by atoms with Gasteiger partial charge >= 0.3 is 0 Å². The summed E-state index contributed by atoms with van der Waals surface area (Å²) in [5.74, 6) is -1.14. The molecule has 32 heavy (non-hydrogen) atoms. The monoisotopic (exact) mass is 465 g/mol. The Morgan fingerprint density at radius 2 is 1.28 bits per heavy atom. The third-order valence-electron chi connectivity index (χ3n) is 4.78. The van der Waals surface area contributed by atoms with Crippen molar-refractivity contribution in [1.29, 1.82) is 0 Å². The van der Waals surface area contributed by atoms with Gasteiger partial charge in [0.2, 0.25) is 5.91 Å². The molecule has 0 aliphatic carbocycles. The maximum Gasteiger partial charge on any atom is 0.282 e. The van der Waals surface area contributed by atoms with Crippen molar-refractivity contribution in [3.8, 4) is 0 Å². The molecule has 0 aromatic heterocycles. The molecule has 1 aliphatic heterocycles. The zero-order valence-corrected chi connectivity index (χ0v) is 18.4. The van der Waals surface area contributed by atoms with Crippen LogP contribution in [0.2, 0.25) is 10.0 Å². The molecule has 3 aromatic carbocycles. The molecule has 0 atom stereocenters. The second-order valence-electron chi connectivity index (χ2n) is 7.06. The summed E-state index contributed by atoms with van der Waals surface area (Å²) in [5.41, 5.74) is 2.54. The molecule has 0 bridgehead atoms. The van der Waals surface area contributed by atoms with Crippen molar-refractivity contribution < 1.29 is 14.4 Å². The van der Waals surface area contributed by atoms with Crippen molar-refractivity contribution in [2.45, 2.75) is 6.92 Å². The quantitative estimate of drug-likeness (QED) is 0.497. The molecule has 2 N–H and O–H groups in total. The van der Waals surface area contributed by atoms with Crippen molar-refractivity contribution >= 4 is 63.6 Å². The van der Waals surface area contributed by atoms with Crippen LogP contribution in [0.25, 0.3) is 5.57 Å². The number of nitrogens with zero attached hydrogens (tertiary/aromatic N) is 1. The standard InChI is InChI=1S/C24H17Cl2N3O3/c1-14(30)27-18-8-10-19(11-9-18)28-22-21(15-2-4-16(25)5-3-15)23(31)29(24(22)32)20-12-6-17(26)7-13-20/h2-13,28H,1H3,(H,27,30). The van der Waals surface area contributed by atoms with Gasteiger partial charge < -0.3 is 10.6 Å². The van der Waals surface area contributed by atoms with E-state index in [4.69, 9.17) is 23.2 Å². The van der Waals surface area contributed by atoms with Crippen molar-refractivity contribution in [2.75, 3.05) is 15.5 Å². The molecule has 1 heterocycles. The number of hydrogen-bond acceptors (Lipinski definition) is 4. The Morgan fingerprint density at radius 3 is 1.84 bits per heavy atom. The van der Waals surface area contributed by atoms with Gasteiger partial charge in [-0.25, -0.2) is 4.90 Å². The molecule has 0 spiro atoms. The highest BCUT2D eigenvalue weighted by molar-refractivity contribution is 6.46. The zero-order valence-electron chi connectivity index (χ0n) is 16.9. The Kier molecular flexibility index (Phi) is 5.99. The molecule has 4 rings (SSSR count). The average Bonchev–Trinajstić information content (AvgIpc) is 3.00. The Balaban J connectivity index is 1.74. The van der Waals surface area contributed by atoms with Gasteiger partial charge in [0.15, 0.2) is 0 Å². The van der Waals surface area contributed by atoms with E-state index < -0.39 is 11.8 Å². The normalized spacial score (nSPS) is 13.5. The van der Waals surface area contributed by atoms with Gasteiger partial charge in [-0.15, -0.1) is 0 Å². The minimum atomic E-state index is -0.492. The van der Waals surface area contributed by atoms with Crippen LogP contribution in [-0.2, 0) is 14.4 Å². The lowest BCUT2D eigenvalue weighted by Gasteiger charge is -2.15. The van der Waals surface area contributed by atoms with Gasteiger partial charge in [-0.05, 0) is 66.2 Å². The number of benzene rings is 3. The first-order chi connectivity index (χ1) is 15.3. The third kappa shape index (κ3) is 4.37. The van der Waals surface area contributed by atoms with Gasteiger partial charge in [-0.1, -0.05) is 35.3 Å². The number of halogens is 2. The summed E-state index contributed by atoms with van der Waals surface area (Å²) in [6, 6.07) is 20.0. The minimum absolute atomic E-state index is 0.138. The van der Waals surface area contributed by atoms with E-state index in [1.165, 1.54) is 6.92 Å². The smallest absolute Gasteiger partial charge is 0.282 e. The number of carbonyl (C=O) groups excluding carboxylic acids is 3. The van der Waals surface area contributed by atoms with Gasteiger partial charge in [-0.3, -0.25) is 14.4 Å². The largest absolute Gasteiger partial charge is 0.350 e. The lowest BCUT2D eigenvalue weighted by Crippen LogP contribution is -2.32. The molecule has 0 radical (unpaired) electrons. The van der Waals surface area contributed by atoms with Crippen molar-refractivity contribution in [3.05, 3.63) is 94.1 Å². The number of carbonyl (C=O) groups is 3. The lowest BCUT2D eigenvalue weighted by atomic mass is 10.0. The number of rotatable bonds is 5. The van der Waals surface area contributed by atoms with Crippen molar-refractivity contribution in [1.82, 2.24) is 0 Å². The van der Waals surface area contributed by atoms with E-state index in [2.05, 4.69) is 10.6 Å². The van der Waals surface area contributed by atoms with Gasteiger partial charge in [0.25, 0.3) is 11.8 Å². The minimum Gasteiger partial charge on any atom is -0.350 e. The van der Waals surface area contributed by atoms with Crippen LogP contribution >= 0.6 is 23.2 Å². The first kappa shape index (κ1) is 21.6. The number of imide groups is 1. The summed E-state index contributed by atoms with van der Waals surface area (Å²) in [6.07, 6.45) is 0. The van der Waals surface area contributed by atoms with E-state index in [0.717, 1.165) is 4.90 Å². The maximum atomic E-state index is 13.4. The average molecular weight is 466 g/mol. The molecule has 6 nitrogen and oxygen atoms in total. The Bertz CT molecular complexity index is 1230. The molecule has 0 saturated heterocycles. The number of nitrogens with one attached hydrogen (secondary N) is 2. The van der Waals surface area contributed by atoms with Crippen molar-refractivity contribution in [3.63, 3.8) is 0 Å². The fourth-order valence-corrected chi connectivity index (χ4v) is 3.59. The number of hydrogen-bond donors (Lipinski definition) is 2. The fraction of sp³-hybridized carbons (Fsp3) is 0.0417. The topological polar surface area (TPSA) is 78.5 Å². The third-order valence-corrected chi connectivity index (χ3v) is 5.28. The second kappa shape index (κ2) is 8.86. The summed E-state index contributed by atoms with van der Waals surface area (Å²) in [4.78, 5) is 39.0. The van der Waals surface area contributed by atoms with E-state index in [-0.39, 0.29) is 17.2 Å². The number of amides is 3. The Labute approximate surface area is 194 Å². The molecule has 3 aromatic rings. The molecule has 8 heteroatoms. The predicted octanol–water partition coefficient (Wildman–Crippen LogP) is 5.35. The number of anilines is 3. The van der Waals surface area contributed by atoms with Crippen LogP contribution in [-0.4, -0.2) is 17.7 Å². The molecule has 1 aliphatic rings. The van der Waals surface area contributed by atoms with Crippen LogP contribution in [0.4, 0.5) is 17.1 Å². The highest BCUT2D eigenvalue weighted by Gasteiger charge is 2.40. The summed E-state index contributed by atoms with van der Waals surface area (Å²) >= 11 is 12.0. The molecule has 0 unspecified atom stereocenters. The molecular weight excluding hydrogens is 449 g/mol. The van der Waals surface area contributed by atoms with Crippen molar-refractivity contribution in [2.24, 2.45) is 0 Å². The van der Waals surface area contributed by atoms with E-state index >= 15 is 0 Å². The predicted molar refractivity (Wildman–Crippen MR) is 127 cm³/mol. The van der Waals surface area contributed by atoms with Gasteiger partial charge in [0.1, 0.15) is 5.70 Å². The SMILES string of the molecule is CC(=O)Nc1ccc(NC2=C(c3ccc(Cl)cc3)C(=O)N(c3ccc(Cl)cc3)C2=O)cc1. The first-order valence-electron chi connectivity index (χ1n) is 9.63. The molecule has 160 valence electrons. The van der Waals surface area contributed by atoms with E-state index in [1.54, 1.807) is 72.8 Å². The highest BCUT2D eigenvalue weighted by atomic mass is 35.5. The maximum absolute atomic E-state index is 13.4. The first-order valence-corrected chi connectivity index (χ1v) is 10.4. The zero-order chi connectivity index (χ0) is 22.8. The van der Waals surface area contributed by atoms with Crippen LogP contribution in [0.3, 0.4) is 0 Å². The molecule has 3 amide bonds. The summed E-state index contributed by atoms with van der Waals surface area (Å²) in [6.45, 7) is 1.42. The molecule has 0 saturated carbocycles. The van der Waals surface area contributed by atoms with E-state index in [0.29, 0.717) is 32.7 Å².